The third kappa shape index (κ3) is 4.71. The van der Waals surface area contributed by atoms with Crippen molar-refractivity contribution in [3.8, 4) is 11.6 Å². The lowest BCUT2D eigenvalue weighted by Crippen LogP contribution is -1.98. The zero-order chi connectivity index (χ0) is 20.8. The third-order valence-corrected chi connectivity index (χ3v) is 4.19. The molecule has 0 aliphatic rings. The summed E-state index contributed by atoms with van der Waals surface area (Å²) in [5, 5.41) is 15.4. The van der Waals surface area contributed by atoms with E-state index in [0.29, 0.717) is 17.3 Å². The average Bonchev–Trinajstić information content (AvgIpc) is 2.77. The van der Waals surface area contributed by atoms with E-state index in [1.807, 2.05) is 48.5 Å². The van der Waals surface area contributed by atoms with Crippen LogP contribution in [0.1, 0.15) is 10.4 Å². The largest absolute Gasteiger partial charge is 0.478 e. The molecule has 7 heteroatoms. The number of rotatable bonds is 7. The van der Waals surface area contributed by atoms with Gasteiger partial charge in [0.15, 0.2) is 0 Å². The van der Waals surface area contributed by atoms with E-state index in [1.54, 1.807) is 30.6 Å². The van der Waals surface area contributed by atoms with E-state index < -0.39 is 5.97 Å². The van der Waals surface area contributed by atoms with Gasteiger partial charge in [-0.25, -0.2) is 14.8 Å². The minimum Gasteiger partial charge on any atom is -0.478 e. The topological polar surface area (TPSA) is 96.4 Å². The minimum absolute atomic E-state index is 0.225. The molecule has 0 aliphatic carbocycles. The van der Waals surface area contributed by atoms with Gasteiger partial charge >= 0.3 is 5.97 Å². The van der Waals surface area contributed by atoms with Crippen LogP contribution in [0.5, 0.6) is 11.6 Å². The molecule has 0 atom stereocenters. The number of hydrogen-bond acceptors (Lipinski definition) is 6. The fourth-order valence-electron chi connectivity index (χ4n) is 2.72. The van der Waals surface area contributed by atoms with E-state index in [1.165, 1.54) is 12.1 Å². The minimum atomic E-state index is -0.965. The predicted octanol–water partition coefficient (Wildman–Crippen LogP) is 5.45. The number of ether oxygens (including phenoxy) is 1. The zero-order valence-electron chi connectivity index (χ0n) is 15.8. The molecule has 4 aromatic rings. The first-order chi connectivity index (χ1) is 14.7. The monoisotopic (exact) mass is 398 g/mol. The lowest BCUT2D eigenvalue weighted by Gasteiger charge is -2.12. The van der Waals surface area contributed by atoms with Gasteiger partial charge in [-0.05, 0) is 72.8 Å². The molecule has 0 saturated carbocycles. The average molecular weight is 398 g/mol. The van der Waals surface area contributed by atoms with Gasteiger partial charge in [0.05, 0.1) is 5.56 Å². The van der Waals surface area contributed by atoms with Gasteiger partial charge in [0.25, 0.3) is 0 Å². The number of benzene rings is 2. The maximum atomic E-state index is 11.0. The van der Waals surface area contributed by atoms with Crippen molar-refractivity contribution in [1.82, 2.24) is 9.97 Å². The second kappa shape index (κ2) is 8.74. The van der Waals surface area contributed by atoms with E-state index in [9.17, 15) is 4.79 Å². The number of carbonyl (C=O) groups is 1. The lowest BCUT2D eigenvalue weighted by molar-refractivity contribution is 0.0697. The molecule has 0 amide bonds. The Kier molecular flexibility index (Phi) is 5.52. The SMILES string of the molecule is O=C(O)c1ccc(Nc2cccnc2Oc2ccc(Nc3ccccn3)cc2)cc1. The molecule has 0 aliphatic heterocycles. The molecule has 0 unspecified atom stereocenters. The summed E-state index contributed by atoms with van der Waals surface area (Å²) < 4.78 is 5.94. The van der Waals surface area contributed by atoms with Gasteiger partial charge in [-0.3, -0.25) is 0 Å². The van der Waals surface area contributed by atoms with Gasteiger partial charge in [-0.15, -0.1) is 0 Å². The van der Waals surface area contributed by atoms with E-state index in [2.05, 4.69) is 20.6 Å². The summed E-state index contributed by atoms with van der Waals surface area (Å²) in [6.45, 7) is 0. The van der Waals surface area contributed by atoms with Crippen molar-refractivity contribution in [3.63, 3.8) is 0 Å². The number of nitrogens with one attached hydrogen (secondary N) is 2. The number of aromatic nitrogens is 2. The standard InChI is InChI=1S/C23H18N4O3/c28-23(29)16-6-8-17(9-7-16)26-20-4-3-15-25-22(20)30-19-12-10-18(11-13-19)27-21-5-1-2-14-24-21/h1-15,26H,(H,24,27)(H,28,29). The number of hydrogen-bond donors (Lipinski definition) is 3. The molecule has 0 spiro atoms. The molecule has 30 heavy (non-hydrogen) atoms. The summed E-state index contributed by atoms with van der Waals surface area (Å²) in [4.78, 5) is 19.5. The van der Waals surface area contributed by atoms with Gasteiger partial charge in [0.1, 0.15) is 17.3 Å². The second-order valence-corrected chi connectivity index (χ2v) is 6.33. The van der Waals surface area contributed by atoms with Crippen LogP contribution in [0.15, 0.2) is 91.3 Å². The molecule has 0 fully saturated rings. The third-order valence-electron chi connectivity index (χ3n) is 4.19. The Hall–Kier alpha value is -4.39. The number of carboxylic acid groups (broad SMARTS) is 1. The van der Waals surface area contributed by atoms with Crippen LogP contribution in [-0.4, -0.2) is 21.0 Å². The Bertz CT molecular complexity index is 1130. The second-order valence-electron chi connectivity index (χ2n) is 6.33. The molecule has 0 radical (unpaired) electrons. The van der Waals surface area contributed by atoms with E-state index in [4.69, 9.17) is 9.84 Å². The summed E-state index contributed by atoms with van der Waals surface area (Å²) in [7, 11) is 0. The summed E-state index contributed by atoms with van der Waals surface area (Å²) >= 11 is 0. The Morgan fingerprint density at radius 2 is 1.47 bits per heavy atom. The van der Waals surface area contributed by atoms with Crippen LogP contribution in [0, 0.1) is 0 Å². The normalized spacial score (nSPS) is 10.3. The maximum Gasteiger partial charge on any atom is 0.335 e. The van der Waals surface area contributed by atoms with Crippen molar-refractivity contribution in [2.24, 2.45) is 0 Å². The highest BCUT2D eigenvalue weighted by molar-refractivity contribution is 5.88. The van der Waals surface area contributed by atoms with Crippen molar-refractivity contribution in [1.29, 1.82) is 0 Å². The number of aromatic carboxylic acids is 1. The van der Waals surface area contributed by atoms with Crippen LogP contribution in [0.2, 0.25) is 0 Å². The van der Waals surface area contributed by atoms with Crippen molar-refractivity contribution < 1.29 is 14.6 Å². The first-order valence-corrected chi connectivity index (χ1v) is 9.19. The van der Waals surface area contributed by atoms with Crippen LogP contribution in [0.4, 0.5) is 22.9 Å². The predicted molar refractivity (Wildman–Crippen MR) is 115 cm³/mol. The van der Waals surface area contributed by atoms with Gasteiger partial charge in [-0.1, -0.05) is 6.07 Å². The van der Waals surface area contributed by atoms with Crippen LogP contribution >= 0.6 is 0 Å². The highest BCUT2D eigenvalue weighted by Crippen LogP contribution is 2.30. The molecular weight excluding hydrogens is 380 g/mol. The van der Waals surface area contributed by atoms with E-state index in [-0.39, 0.29) is 5.56 Å². The first-order valence-electron chi connectivity index (χ1n) is 9.19. The number of anilines is 4. The molecule has 2 aromatic carbocycles. The lowest BCUT2D eigenvalue weighted by atomic mass is 10.2. The van der Waals surface area contributed by atoms with Crippen molar-refractivity contribution >= 4 is 28.8 Å². The van der Waals surface area contributed by atoms with E-state index in [0.717, 1.165) is 17.2 Å². The smallest absolute Gasteiger partial charge is 0.335 e. The van der Waals surface area contributed by atoms with Crippen LogP contribution < -0.4 is 15.4 Å². The van der Waals surface area contributed by atoms with Gasteiger partial charge in [0, 0.05) is 23.8 Å². The zero-order valence-corrected chi connectivity index (χ0v) is 15.8. The molecule has 2 heterocycles. The summed E-state index contributed by atoms with van der Waals surface area (Å²) in [5.41, 5.74) is 2.51. The Labute approximate surface area is 173 Å². The molecule has 2 aromatic heterocycles. The Morgan fingerprint density at radius 1 is 0.767 bits per heavy atom. The quantitative estimate of drug-likeness (QED) is 0.381. The summed E-state index contributed by atoms with van der Waals surface area (Å²) in [6.07, 6.45) is 3.37. The van der Waals surface area contributed by atoms with Gasteiger partial charge in [-0.2, -0.15) is 0 Å². The van der Waals surface area contributed by atoms with Crippen LogP contribution in [-0.2, 0) is 0 Å². The highest BCUT2D eigenvalue weighted by Gasteiger charge is 2.08. The van der Waals surface area contributed by atoms with Crippen LogP contribution in [0.25, 0.3) is 0 Å². The van der Waals surface area contributed by atoms with Crippen molar-refractivity contribution in [2.45, 2.75) is 0 Å². The molecule has 0 bridgehead atoms. The van der Waals surface area contributed by atoms with Gasteiger partial charge < -0.3 is 20.5 Å². The van der Waals surface area contributed by atoms with Gasteiger partial charge in [0.2, 0.25) is 5.88 Å². The Morgan fingerprint density at radius 3 is 2.17 bits per heavy atom. The first kappa shape index (κ1) is 18.9. The van der Waals surface area contributed by atoms with Crippen LogP contribution in [0.3, 0.4) is 0 Å². The van der Waals surface area contributed by atoms with E-state index >= 15 is 0 Å². The molecule has 3 N–H and O–H groups in total. The molecule has 4 rings (SSSR count). The molecule has 7 nitrogen and oxygen atoms in total. The molecular formula is C23H18N4O3. The number of pyridine rings is 2. The molecule has 0 saturated heterocycles. The highest BCUT2D eigenvalue weighted by atomic mass is 16.5. The van der Waals surface area contributed by atoms with Crippen molar-refractivity contribution in [2.75, 3.05) is 10.6 Å². The van der Waals surface area contributed by atoms with Crippen molar-refractivity contribution in [3.05, 3.63) is 96.8 Å². The summed E-state index contributed by atoms with van der Waals surface area (Å²) in [6, 6.07) is 23.2. The molecule has 148 valence electrons. The maximum absolute atomic E-state index is 11.0. The number of carboxylic acids is 1. The fourth-order valence-corrected chi connectivity index (χ4v) is 2.72. The number of nitrogens with zero attached hydrogens (tertiary/aromatic N) is 2. The Balaban J connectivity index is 1.46. The fraction of sp³-hybridized carbons (Fsp3) is 0. The summed E-state index contributed by atoms with van der Waals surface area (Å²) in [5.74, 6) is 0.832.